The first-order valence-electron chi connectivity index (χ1n) is 3.09. The normalized spacial score (nSPS) is 11.1. The highest BCUT2D eigenvalue weighted by molar-refractivity contribution is 8.00. The second kappa shape index (κ2) is 3.78. The van der Waals surface area contributed by atoms with Gasteiger partial charge in [0.05, 0.1) is 10.4 Å². The molecule has 0 aliphatic heterocycles. The number of nitrogens with zero attached hydrogens (tertiary/aromatic N) is 1. The average Bonchev–Trinajstić information content (AvgIpc) is 2.32. The highest BCUT2D eigenvalue weighted by Gasteiger charge is 2.02. The molecule has 0 bridgehead atoms. The Morgan fingerprint density at radius 3 is 3.00 bits per heavy atom. The molecule has 1 heterocycles. The van der Waals surface area contributed by atoms with Crippen LogP contribution in [0, 0.1) is 6.92 Å². The predicted molar refractivity (Wildman–Crippen MR) is 50.2 cm³/mol. The molecule has 0 unspecified atom stereocenters. The number of aryl methyl sites for hydroxylation is 1. The van der Waals surface area contributed by atoms with Gasteiger partial charge in [-0.3, -0.25) is 0 Å². The zero-order valence-corrected chi connectivity index (χ0v) is 8.00. The van der Waals surface area contributed by atoms with E-state index in [4.69, 9.17) is 5.21 Å². The van der Waals surface area contributed by atoms with Crippen molar-refractivity contribution in [1.29, 1.82) is 0 Å². The Bertz CT molecular complexity index is 267. The Kier molecular flexibility index (Phi) is 2.96. The van der Waals surface area contributed by atoms with Gasteiger partial charge in [0.15, 0.2) is 0 Å². The zero-order valence-electron chi connectivity index (χ0n) is 6.37. The molecule has 0 fully saturated rings. The van der Waals surface area contributed by atoms with Crippen LogP contribution in [0.4, 0.5) is 0 Å². The van der Waals surface area contributed by atoms with E-state index in [-0.39, 0.29) is 0 Å². The van der Waals surface area contributed by atoms with Crippen LogP contribution in [0.3, 0.4) is 0 Å². The van der Waals surface area contributed by atoms with E-state index in [0.29, 0.717) is 0 Å². The highest BCUT2D eigenvalue weighted by atomic mass is 32.2. The quantitative estimate of drug-likeness (QED) is 0.334. The van der Waals surface area contributed by atoms with Crippen LogP contribution < -0.4 is 0 Å². The maximum Gasteiger partial charge on any atom is 0.0753 e. The maximum atomic E-state index is 8.31. The summed E-state index contributed by atoms with van der Waals surface area (Å²) >= 11 is 3.39. The van der Waals surface area contributed by atoms with Gasteiger partial charge in [-0.25, -0.2) is 0 Å². The van der Waals surface area contributed by atoms with Gasteiger partial charge in [0.2, 0.25) is 0 Å². The van der Waals surface area contributed by atoms with Crippen molar-refractivity contribution in [3.63, 3.8) is 0 Å². The van der Waals surface area contributed by atoms with Crippen molar-refractivity contribution in [2.24, 2.45) is 5.16 Å². The van der Waals surface area contributed by atoms with Gasteiger partial charge in [-0.1, -0.05) is 5.16 Å². The molecule has 0 spiro atoms. The molecule has 0 aliphatic carbocycles. The van der Waals surface area contributed by atoms with E-state index in [1.165, 1.54) is 15.3 Å². The summed E-state index contributed by atoms with van der Waals surface area (Å²) in [4.78, 5) is 1.24. The van der Waals surface area contributed by atoms with E-state index in [2.05, 4.69) is 5.16 Å². The summed E-state index contributed by atoms with van der Waals surface area (Å²) in [5.41, 5.74) is 1.00. The Morgan fingerprint density at radius 1 is 1.73 bits per heavy atom. The van der Waals surface area contributed by atoms with E-state index in [1.54, 1.807) is 23.1 Å². The highest BCUT2D eigenvalue weighted by Crippen LogP contribution is 2.28. The number of oxime groups is 1. The molecule has 0 saturated carbocycles. The summed E-state index contributed by atoms with van der Waals surface area (Å²) < 4.78 is 1.19. The zero-order chi connectivity index (χ0) is 8.27. The third-order valence-corrected chi connectivity index (χ3v) is 3.45. The van der Waals surface area contributed by atoms with Crippen molar-refractivity contribution < 1.29 is 5.21 Å². The summed E-state index contributed by atoms with van der Waals surface area (Å²) in [5.74, 6) is 0. The van der Waals surface area contributed by atoms with Gasteiger partial charge < -0.3 is 5.21 Å². The fourth-order valence-electron chi connectivity index (χ4n) is 0.824. The summed E-state index contributed by atoms with van der Waals surface area (Å²) in [6, 6.07) is 2.01. The molecule has 1 aromatic heterocycles. The SMILES string of the molecule is CSc1sc(C)cc1/C=N/O. The number of hydrogen-bond donors (Lipinski definition) is 1. The Hall–Kier alpha value is -0.480. The Balaban J connectivity index is 3.01. The summed E-state index contributed by atoms with van der Waals surface area (Å²) in [7, 11) is 0. The fraction of sp³-hybridized carbons (Fsp3) is 0.286. The molecule has 0 atom stereocenters. The number of hydrogen-bond acceptors (Lipinski definition) is 4. The first-order chi connectivity index (χ1) is 5.27. The topological polar surface area (TPSA) is 32.6 Å². The molecule has 0 aliphatic rings. The third kappa shape index (κ3) is 1.97. The van der Waals surface area contributed by atoms with E-state index in [1.807, 2.05) is 19.2 Å². The Labute approximate surface area is 73.9 Å². The van der Waals surface area contributed by atoms with Gasteiger partial charge in [0.1, 0.15) is 0 Å². The standard InChI is InChI=1S/C7H9NOS2/c1-5-3-6(4-8-9)7(10-2)11-5/h3-4,9H,1-2H3/b8-4+. The van der Waals surface area contributed by atoms with Gasteiger partial charge in [0, 0.05) is 10.4 Å². The lowest BCUT2D eigenvalue weighted by Gasteiger charge is -1.88. The number of thioether (sulfide) groups is 1. The minimum atomic E-state index is 1.00. The molecule has 0 saturated heterocycles. The first kappa shape index (κ1) is 8.62. The van der Waals surface area contributed by atoms with Crippen molar-refractivity contribution >= 4 is 29.3 Å². The van der Waals surface area contributed by atoms with Crippen LogP contribution >= 0.6 is 23.1 Å². The molecular weight excluding hydrogens is 178 g/mol. The van der Waals surface area contributed by atoms with Gasteiger partial charge in [-0.15, -0.1) is 23.1 Å². The van der Waals surface area contributed by atoms with Crippen molar-refractivity contribution in [2.45, 2.75) is 11.1 Å². The van der Waals surface area contributed by atoms with E-state index >= 15 is 0 Å². The van der Waals surface area contributed by atoms with Crippen LogP contribution in [0.5, 0.6) is 0 Å². The van der Waals surface area contributed by atoms with Gasteiger partial charge in [-0.2, -0.15) is 0 Å². The molecule has 4 heteroatoms. The minimum absolute atomic E-state index is 1.00. The molecular formula is C7H9NOS2. The van der Waals surface area contributed by atoms with Crippen LogP contribution in [0.1, 0.15) is 10.4 Å². The second-order valence-electron chi connectivity index (χ2n) is 2.05. The lowest BCUT2D eigenvalue weighted by Crippen LogP contribution is -1.76. The second-order valence-corrected chi connectivity index (χ2v) is 4.38. The molecule has 0 amide bonds. The largest absolute Gasteiger partial charge is 0.411 e. The molecule has 1 rings (SSSR count). The molecule has 0 aromatic carbocycles. The summed E-state index contributed by atoms with van der Waals surface area (Å²) in [5, 5.41) is 11.3. The first-order valence-corrected chi connectivity index (χ1v) is 5.14. The molecule has 11 heavy (non-hydrogen) atoms. The van der Waals surface area contributed by atoms with Crippen LogP contribution in [0.25, 0.3) is 0 Å². The molecule has 2 nitrogen and oxygen atoms in total. The summed E-state index contributed by atoms with van der Waals surface area (Å²) in [6.45, 7) is 2.04. The molecule has 0 radical (unpaired) electrons. The van der Waals surface area contributed by atoms with Crippen molar-refractivity contribution in [3.05, 3.63) is 16.5 Å². The van der Waals surface area contributed by atoms with Crippen LogP contribution in [-0.2, 0) is 0 Å². The van der Waals surface area contributed by atoms with Gasteiger partial charge in [0.25, 0.3) is 0 Å². The smallest absolute Gasteiger partial charge is 0.0753 e. The maximum absolute atomic E-state index is 8.31. The van der Waals surface area contributed by atoms with Crippen LogP contribution in [-0.4, -0.2) is 17.7 Å². The monoisotopic (exact) mass is 187 g/mol. The van der Waals surface area contributed by atoms with Crippen LogP contribution in [0.15, 0.2) is 15.4 Å². The van der Waals surface area contributed by atoms with Crippen LogP contribution in [0.2, 0.25) is 0 Å². The predicted octanol–water partition coefficient (Wildman–Crippen LogP) is 2.59. The van der Waals surface area contributed by atoms with E-state index in [0.717, 1.165) is 5.56 Å². The van der Waals surface area contributed by atoms with Crippen molar-refractivity contribution in [3.8, 4) is 0 Å². The van der Waals surface area contributed by atoms with E-state index in [9.17, 15) is 0 Å². The minimum Gasteiger partial charge on any atom is -0.411 e. The lowest BCUT2D eigenvalue weighted by atomic mass is 10.3. The van der Waals surface area contributed by atoms with Crippen molar-refractivity contribution in [2.75, 3.05) is 6.26 Å². The van der Waals surface area contributed by atoms with Crippen molar-refractivity contribution in [1.82, 2.24) is 0 Å². The van der Waals surface area contributed by atoms with Gasteiger partial charge >= 0.3 is 0 Å². The molecule has 1 N–H and O–H groups in total. The fourth-order valence-corrected chi connectivity index (χ4v) is 2.61. The average molecular weight is 187 g/mol. The Morgan fingerprint density at radius 2 is 2.45 bits per heavy atom. The summed E-state index contributed by atoms with van der Waals surface area (Å²) in [6.07, 6.45) is 3.48. The lowest BCUT2D eigenvalue weighted by molar-refractivity contribution is 0.322. The van der Waals surface area contributed by atoms with E-state index < -0.39 is 0 Å². The number of thiophene rings is 1. The molecule has 60 valence electrons. The third-order valence-electron chi connectivity index (χ3n) is 1.23. The number of rotatable bonds is 2. The molecule has 1 aromatic rings. The van der Waals surface area contributed by atoms with Gasteiger partial charge in [-0.05, 0) is 19.2 Å².